The monoisotopic (exact) mass is 429 g/mol. The van der Waals surface area contributed by atoms with E-state index in [1.54, 1.807) is 19.0 Å². The third-order valence-corrected chi connectivity index (χ3v) is 6.81. The van der Waals surface area contributed by atoms with E-state index in [9.17, 15) is 4.79 Å². The largest absolute Gasteiger partial charge is 0.443 e. The number of likely N-dealkylation sites (N-methyl/N-ethyl adjacent to an activating group) is 1. The second-order valence-corrected chi connectivity index (χ2v) is 9.84. The number of nitrogens with two attached hydrogens (primary N) is 2. The van der Waals surface area contributed by atoms with Gasteiger partial charge in [0.15, 0.2) is 0 Å². The molecule has 0 spiro atoms. The Morgan fingerprint density at radius 2 is 1.90 bits per heavy atom. The van der Waals surface area contributed by atoms with E-state index in [-0.39, 0.29) is 18.1 Å². The maximum atomic E-state index is 12.4. The second-order valence-electron chi connectivity index (χ2n) is 9.84. The molecule has 0 unspecified atom stereocenters. The Hall–Kier alpha value is -2.28. The SMILES string of the molecule is Cc1nc(/C(N)=C(\COC(=O)N(C)CC2(C)CC2)N(C)N)ccc1CC1CCCCC1. The molecule has 172 valence electrons. The van der Waals surface area contributed by atoms with Crippen molar-refractivity contribution in [2.24, 2.45) is 22.9 Å². The second kappa shape index (κ2) is 9.90. The summed E-state index contributed by atoms with van der Waals surface area (Å²) in [6.07, 6.45) is 9.67. The fourth-order valence-electron chi connectivity index (χ4n) is 4.42. The molecular weight excluding hydrogens is 390 g/mol. The Bertz CT molecular complexity index is 810. The first-order valence-electron chi connectivity index (χ1n) is 11.5. The Morgan fingerprint density at radius 1 is 1.23 bits per heavy atom. The summed E-state index contributed by atoms with van der Waals surface area (Å²) in [6, 6.07) is 4.08. The fraction of sp³-hybridized carbons (Fsp3) is 0.667. The molecule has 1 aromatic heterocycles. The maximum Gasteiger partial charge on any atom is 0.409 e. The normalized spacial score (nSPS) is 18.9. The minimum Gasteiger partial charge on any atom is -0.443 e. The van der Waals surface area contributed by atoms with E-state index in [4.69, 9.17) is 21.3 Å². The lowest BCUT2D eigenvalue weighted by Gasteiger charge is -2.24. The van der Waals surface area contributed by atoms with Gasteiger partial charge < -0.3 is 20.4 Å². The molecule has 2 aliphatic carbocycles. The van der Waals surface area contributed by atoms with E-state index in [1.807, 2.05) is 13.0 Å². The van der Waals surface area contributed by atoms with Gasteiger partial charge in [-0.1, -0.05) is 45.1 Å². The molecule has 0 aromatic carbocycles. The van der Waals surface area contributed by atoms with E-state index in [1.165, 1.54) is 42.7 Å². The van der Waals surface area contributed by atoms with Crippen LogP contribution in [0.5, 0.6) is 0 Å². The number of carbonyl (C=O) groups excluding carboxylic acids is 1. The van der Waals surface area contributed by atoms with Crippen LogP contribution in [0.25, 0.3) is 5.70 Å². The first kappa shape index (κ1) is 23.4. The molecule has 4 N–H and O–H groups in total. The number of hydrazine groups is 1. The number of hydrogen-bond acceptors (Lipinski definition) is 6. The summed E-state index contributed by atoms with van der Waals surface area (Å²) in [4.78, 5) is 18.8. The lowest BCUT2D eigenvalue weighted by atomic mass is 9.84. The summed E-state index contributed by atoms with van der Waals surface area (Å²) in [5.74, 6) is 6.76. The van der Waals surface area contributed by atoms with E-state index in [0.29, 0.717) is 23.6 Å². The average Bonchev–Trinajstić information content (AvgIpc) is 3.46. The third-order valence-electron chi connectivity index (χ3n) is 6.81. The first-order valence-corrected chi connectivity index (χ1v) is 11.5. The predicted molar refractivity (Wildman–Crippen MR) is 124 cm³/mol. The standard InChI is InChI=1S/C24H39N5O2/c1-17-19(14-18-8-6-5-7-9-18)10-11-20(27-17)22(25)21(29(4)26)15-31-23(30)28(3)16-24(2)12-13-24/h10-11,18H,5-9,12-16,25-26H2,1-4H3/b22-21-. The van der Waals surface area contributed by atoms with Gasteiger partial charge in [0.2, 0.25) is 0 Å². The van der Waals surface area contributed by atoms with Gasteiger partial charge in [-0.25, -0.2) is 10.6 Å². The minimum atomic E-state index is -0.368. The molecule has 7 nitrogen and oxygen atoms in total. The minimum absolute atomic E-state index is 0.00325. The van der Waals surface area contributed by atoms with Gasteiger partial charge in [0.05, 0.1) is 17.1 Å². The Balaban J connectivity index is 1.66. The molecule has 0 radical (unpaired) electrons. The Morgan fingerprint density at radius 3 is 2.48 bits per heavy atom. The fourth-order valence-corrected chi connectivity index (χ4v) is 4.42. The zero-order valence-corrected chi connectivity index (χ0v) is 19.6. The molecule has 0 atom stereocenters. The maximum absolute atomic E-state index is 12.4. The third kappa shape index (κ3) is 6.35. The van der Waals surface area contributed by atoms with Crippen LogP contribution in [0.2, 0.25) is 0 Å². The van der Waals surface area contributed by atoms with Gasteiger partial charge >= 0.3 is 6.09 Å². The molecule has 31 heavy (non-hydrogen) atoms. The quantitative estimate of drug-likeness (QED) is 0.482. The average molecular weight is 430 g/mol. The van der Waals surface area contributed by atoms with Gasteiger partial charge in [0, 0.05) is 26.3 Å². The van der Waals surface area contributed by atoms with E-state index >= 15 is 0 Å². The highest BCUT2D eigenvalue weighted by Crippen LogP contribution is 2.45. The van der Waals surface area contributed by atoms with Crippen molar-refractivity contribution in [2.45, 2.75) is 65.2 Å². The van der Waals surface area contributed by atoms with Crippen LogP contribution in [0.4, 0.5) is 4.79 Å². The highest BCUT2D eigenvalue weighted by atomic mass is 16.6. The smallest absolute Gasteiger partial charge is 0.409 e. The first-order chi connectivity index (χ1) is 14.7. The summed E-state index contributed by atoms with van der Waals surface area (Å²) >= 11 is 0. The zero-order valence-electron chi connectivity index (χ0n) is 19.6. The van der Waals surface area contributed by atoms with Crippen LogP contribution in [0.1, 0.15) is 68.8 Å². The highest BCUT2D eigenvalue weighted by molar-refractivity contribution is 5.68. The van der Waals surface area contributed by atoms with Crippen LogP contribution < -0.4 is 11.6 Å². The van der Waals surface area contributed by atoms with Crippen molar-refractivity contribution in [3.8, 4) is 0 Å². The number of aryl methyl sites for hydroxylation is 1. The van der Waals surface area contributed by atoms with Crippen molar-refractivity contribution in [3.63, 3.8) is 0 Å². The van der Waals surface area contributed by atoms with Gasteiger partial charge in [-0.3, -0.25) is 4.98 Å². The van der Waals surface area contributed by atoms with Crippen LogP contribution in [-0.4, -0.2) is 48.2 Å². The van der Waals surface area contributed by atoms with Crippen LogP contribution >= 0.6 is 0 Å². The summed E-state index contributed by atoms with van der Waals surface area (Å²) < 4.78 is 5.50. The predicted octanol–water partition coefficient (Wildman–Crippen LogP) is 3.81. The number of rotatable bonds is 8. The van der Waals surface area contributed by atoms with Crippen LogP contribution in [0.3, 0.4) is 0 Å². The Kier molecular flexibility index (Phi) is 7.46. The van der Waals surface area contributed by atoms with Gasteiger partial charge in [-0.05, 0) is 49.1 Å². The van der Waals surface area contributed by atoms with Crippen molar-refractivity contribution < 1.29 is 9.53 Å². The number of pyridine rings is 1. The number of carbonyl (C=O) groups is 1. The number of aromatic nitrogens is 1. The number of nitrogens with zero attached hydrogens (tertiary/aromatic N) is 3. The van der Waals surface area contributed by atoms with Crippen molar-refractivity contribution >= 4 is 11.8 Å². The highest BCUT2D eigenvalue weighted by Gasteiger charge is 2.39. The molecule has 2 saturated carbocycles. The molecule has 7 heteroatoms. The van der Waals surface area contributed by atoms with Crippen molar-refractivity contribution in [3.05, 3.63) is 34.8 Å². The molecule has 0 saturated heterocycles. The van der Waals surface area contributed by atoms with Crippen molar-refractivity contribution in [1.29, 1.82) is 0 Å². The van der Waals surface area contributed by atoms with Crippen LogP contribution in [-0.2, 0) is 11.2 Å². The van der Waals surface area contributed by atoms with Crippen LogP contribution in [0.15, 0.2) is 17.8 Å². The van der Waals surface area contributed by atoms with E-state index in [0.717, 1.165) is 30.9 Å². The molecule has 2 aliphatic rings. The topological polar surface area (TPSA) is 97.7 Å². The molecule has 0 aliphatic heterocycles. The summed E-state index contributed by atoms with van der Waals surface area (Å²) in [7, 11) is 3.45. The lowest BCUT2D eigenvalue weighted by Crippen LogP contribution is -2.35. The zero-order chi connectivity index (χ0) is 22.6. The van der Waals surface area contributed by atoms with Gasteiger partial charge in [0.1, 0.15) is 6.61 Å². The molecule has 0 bridgehead atoms. The Labute approximate surface area is 186 Å². The number of hydrogen-bond donors (Lipinski definition) is 2. The lowest BCUT2D eigenvalue weighted by molar-refractivity contribution is 0.107. The van der Waals surface area contributed by atoms with Crippen LogP contribution in [0, 0.1) is 18.3 Å². The molecule has 3 rings (SSSR count). The summed E-state index contributed by atoms with van der Waals surface area (Å²) in [5.41, 5.74) is 10.6. The van der Waals surface area contributed by atoms with Crippen molar-refractivity contribution in [1.82, 2.24) is 14.9 Å². The van der Waals surface area contributed by atoms with E-state index < -0.39 is 0 Å². The van der Waals surface area contributed by atoms with Gasteiger partial charge in [0.25, 0.3) is 0 Å². The summed E-state index contributed by atoms with van der Waals surface area (Å²) in [6.45, 7) is 4.92. The molecule has 1 amide bonds. The van der Waals surface area contributed by atoms with Gasteiger partial charge in [-0.2, -0.15) is 0 Å². The van der Waals surface area contributed by atoms with Crippen molar-refractivity contribution in [2.75, 3.05) is 27.2 Å². The van der Waals surface area contributed by atoms with E-state index in [2.05, 4.69) is 13.0 Å². The number of amides is 1. The van der Waals surface area contributed by atoms with Gasteiger partial charge in [-0.15, -0.1) is 0 Å². The number of ether oxygens (including phenoxy) is 1. The molecule has 1 heterocycles. The summed E-state index contributed by atoms with van der Waals surface area (Å²) in [5, 5.41) is 1.40. The molecular formula is C24H39N5O2. The molecule has 1 aromatic rings. The molecule has 2 fully saturated rings.